The number of aryl methyl sites for hydroxylation is 1. The number of rotatable bonds is 4. The summed E-state index contributed by atoms with van der Waals surface area (Å²) in [6.07, 6.45) is 0. The second-order valence-corrected chi connectivity index (χ2v) is 4.80. The van der Waals surface area contributed by atoms with Crippen LogP contribution in [0.25, 0.3) is 0 Å². The number of carbonyl (C=O) groups excluding carboxylic acids is 1. The normalized spacial score (nSPS) is 10.2. The minimum Gasteiger partial charge on any atom is -0.376 e. The highest BCUT2D eigenvalue weighted by atomic mass is 35.5. The van der Waals surface area contributed by atoms with E-state index in [2.05, 4.69) is 10.6 Å². The molecule has 0 bridgehead atoms. The Morgan fingerprint density at radius 2 is 1.90 bits per heavy atom. The smallest absolute Gasteiger partial charge is 0.243 e. The van der Waals surface area contributed by atoms with Crippen molar-refractivity contribution >= 4 is 28.9 Å². The first-order valence-corrected chi connectivity index (χ1v) is 6.48. The molecule has 0 atom stereocenters. The van der Waals surface area contributed by atoms with Crippen LogP contribution in [0.2, 0.25) is 5.02 Å². The van der Waals surface area contributed by atoms with Crippen LogP contribution < -0.4 is 10.6 Å². The number of hydrogen-bond donors (Lipinski definition) is 2. The zero-order valence-corrected chi connectivity index (χ0v) is 11.7. The summed E-state index contributed by atoms with van der Waals surface area (Å²) in [5.41, 5.74) is 2.17. The Morgan fingerprint density at radius 3 is 2.55 bits per heavy atom. The van der Waals surface area contributed by atoms with Crippen LogP contribution in [-0.4, -0.2) is 12.5 Å². The fraction of sp³-hybridized carbons (Fsp3) is 0.133. The summed E-state index contributed by atoms with van der Waals surface area (Å²) in [5, 5.41) is 6.32. The molecule has 0 aromatic heterocycles. The van der Waals surface area contributed by atoms with Gasteiger partial charge in [0.05, 0.1) is 6.54 Å². The molecule has 2 aromatic carbocycles. The summed E-state index contributed by atoms with van der Waals surface area (Å²) >= 11 is 5.76. The minimum atomic E-state index is -0.293. The van der Waals surface area contributed by atoms with Crippen molar-refractivity contribution in [2.24, 2.45) is 0 Å². The number of halogens is 2. The number of nitrogens with one attached hydrogen (secondary N) is 2. The second kappa shape index (κ2) is 6.39. The van der Waals surface area contributed by atoms with E-state index in [1.165, 1.54) is 12.1 Å². The lowest BCUT2D eigenvalue weighted by atomic mass is 10.2. The van der Waals surface area contributed by atoms with Gasteiger partial charge in [-0.25, -0.2) is 4.39 Å². The molecular weight excluding hydrogens is 279 g/mol. The van der Waals surface area contributed by atoms with Crippen molar-refractivity contribution in [3.63, 3.8) is 0 Å². The third-order valence-corrected chi connectivity index (χ3v) is 3.01. The average Bonchev–Trinajstić information content (AvgIpc) is 2.40. The quantitative estimate of drug-likeness (QED) is 0.899. The molecule has 0 spiro atoms. The second-order valence-electron chi connectivity index (χ2n) is 4.37. The predicted molar refractivity (Wildman–Crippen MR) is 79.7 cm³/mol. The molecule has 20 heavy (non-hydrogen) atoms. The Labute approximate surface area is 121 Å². The number of amides is 1. The molecule has 1 amide bonds. The zero-order chi connectivity index (χ0) is 14.5. The molecule has 2 N–H and O–H groups in total. The average molecular weight is 293 g/mol. The lowest BCUT2D eigenvalue weighted by molar-refractivity contribution is -0.114. The molecule has 0 unspecified atom stereocenters. The van der Waals surface area contributed by atoms with Crippen LogP contribution in [-0.2, 0) is 4.79 Å². The van der Waals surface area contributed by atoms with Crippen molar-refractivity contribution in [2.45, 2.75) is 6.92 Å². The monoisotopic (exact) mass is 292 g/mol. The van der Waals surface area contributed by atoms with E-state index in [1.807, 2.05) is 0 Å². The van der Waals surface area contributed by atoms with Gasteiger partial charge in [-0.1, -0.05) is 11.6 Å². The molecular formula is C15H14ClFN2O. The van der Waals surface area contributed by atoms with E-state index < -0.39 is 0 Å². The van der Waals surface area contributed by atoms with Crippen LogP contribution in [0.15, 0.2) is 42.5 Å². The fourth-order valence-electron chi connectivity index (χ4n) is 1.74. The molecule has 0 fully saturated rings. The van der Waals surface area contributed by atoms with Crippen LogP contribution in [0.4, 0.5) is 15.8 Å². The highest BCUT2D eigenvalue weighted by Gasteiger charge is 2.04. The predicted octanol–water partition coefficient (Wildman–Crippen LogP) is 3.84. The molecule has 0 saturated carbocycles. The van der Waals surface area contributed by atoms with E-state index in [1.54, 1.807) is 37.3 Å². The van der Waals surface area contributed by atoms with Gasteiger partial charge >= 0.3 is 0 Å². The van der Waals surface area contributed by atoms with Crippen LogP contribution in [0.5, 0.6) is 0 Å². The maximum atomic E-state index is 12.9. The van der Waals surface area contributed by atoms with E-state index in [0.717, 1.165) is 11.3 Å². The van der Waals surface area contributed by atoms with Gasteiger partial charge in [-0.2, -0.15) is 0 Å². The molecule has 2 rings (SSSR count). The largest absolute Gasteiger partial charge is 0.376 e. The Balaban J connectivity index is 1.90. The summed E-state index contributed by atoms with van der Waals surface area (Å²) < 4.78 is 12.9. The van der Waals surface area contributed by atoms with Crippen molar-refractivity contribution in [3.8, 4) is 0 Å². The molecule has 0 radical (unpaired) electrons. The summed E-state index contributed by atoms with van der Waals surface area (Å²) in [6, 6.07) is 11.2. The Kier molecular flexibility index (Phi) is 4.58. The molecule has 0 aliphatic rings. The van der Waals surface area contributed by atoms with E-state index in [-0.39, 0.29) is 18.3 Å². The van der Waals surface area contributed by atoms with Crippen molar-refractivity contribution in [3.05, 3.63) is 58.9 Å². The number of anilines is 2. The molecule has 2 aromatic rings. The molecule has 3 nitrogen and oxygen atoms in total. The van der Waals surface area contributed by atoms with Gasteiger partial charge in [0, 0.05) is 16.4 Å². The molecule has 0 aliphatic carbocycles. The highest BCUT2D eigenvalue weighted by molar-refractivity contribution is 6.30. The van der Waals surface area contributed by atoms with E-state index >= 15 is 0 Å². The van der Waals surface area contributed by atoms with Crippen molar-refractivity contribution in [1.29, 1.82) is 0 Å². The van der Waals surface area contributed by atoms with Gasteiger partial charge in [0.15, 0.2) is 0 Å². The lowest BCUT2D eigenvalue weighted by Gasteiger charge is -2.10. The SMILES string of the molecule is Cc1cc(F)ccc1NCC(=O)Nc1ccc(Cl)cc1. The number of carbonyl (C=O) groups is 1. The Morgan fingerprint density at radius 1 is 1.20 bits per heavy atom. The minimum absolute atomic E-state index is 0.106. The number of benzene rings is 2. The van der Waals surface area contributed by atoms with Crippen LogP contribution >= 0.6 is 11.6 Å². The van der Waals surface area contributed by atoms with Gasteiger partial charge in [0.2, 0.25) is 5.91 Å². The highest BCUT2D eigenvalue weighted by Crippen LogP contribution is 2.16. The first-order chi connectivity index (χ1) is 9.54. The summed E-state index contributed by atoms with van der Waals surface area (Å²) in [7, 11) is 0. The molecule has 0 saturated heterocycles. The molecule has 104 valence electrons. The van der Waals surface area contributed by atoms with Gasteiger partial charge in [-0.3, -0.25) is 4.79 Å². The van der Waals surface area contributed by atoms with Crippen LogP contribution in [0.3, 0.4) is 0 Å². The van der Waals surface area contributed by atoms with Crippen LogP contribution in [0.1, 0.15) is 5.56 Å². The van der Waals surface area contributed by atoms with E-state index in [4.69, 9.17) is 11.6 Å². The molecule has 0 aliphatic heterocycles. The summed E-state index contributed by atoms with van der Waals surface area (Å²) in [4.78, 5) is 11.8. The summed E-state index contributed by atoms with van der Waals surface area (Å²) in [5.74, 6) is -0.477. The van der Waals surface area contributed by atoms with Gasteiger partial charge in [0.1, 0.15) is 5.82 Å². The van der Waals surface area contributed by atoms with Gasteiger partial charge in [0.25, 0.3) is 0 Å². The third kappa shape index (κ3) is 3.96. The van der Waals surface area contributed by atoms with Crippen molar-refractivity contribution < 1.29 is 9.18 Å². The third-order valence-electron chi connectivity index (χ3n) is 2.76. The van der Waals surface area contributed by atoms with Gasteiger partial charge < -0.3 is 10.6 Å². The summed E-state index contributed by atoms with van der Waals surface area (Å²) in [6.45, 7) is 1.89. The maximum absolute atomic E-state index is 12.9. The number of hydrogen-bond acceptors (Lipinski definition) is 2. The first kappa shape index (κ1) is 14.3. The molecule has 5 heteroatoms. The Bertz CT molecular complexity index is 614. The van der Waals surface area contributed by atoms with Gasteiger partial charge in [-0.05, 0) is 55.0 Å². The lowest BCUT2D eigenvalue weighted by Crippen LogP contribution is -2.22. The topological polar surface area (TPSA) is 41.1 Å². The van der Waals surface area contributed by atoms with E-state index in [0.29, 0.717) is 10.7 Å². The molecule has 0 heterocycles. The standard InChI is InChI=1S/C15H14ClFN2O/c1-10-8-12(17)4-7-14(10)18-9-15(20)19-13-5-2-11(16)3-6-13/h2-8,18H,9H2,1H3,(H,19,20). The maximum Gasteiger partial charge on any atom is 0.243 e. The van der Waals surface area contributed by atoms with Gasteiger partial charge in [-0.15, -0.1) is 0 Å². The van der Waals surface area contributed by atoms with Crippen LogP contribution in [0, 0.1) is 12.7 Å². The first-order valence-electron chi connectivity index (χ1n) is 6.10. The fourth-order valence-corrected chi connectivity index (χ4v) is 1.87. The van der Waals surface area contributed by atoms with Crippen molar-refractivity contribution in [1.82, 2.24) is 0 Å². The van der Waals surface area contributed by atoms with E-state index in [9.17, 15) is 9.18 Å². The van der Waals surface area contributed by atoms with Crippen molar-refractivity contribution in [2.75, 3.05) is 17.2 Å². The Hall–Kier alpha value is -2.07. The zero-order valence-electron chi connectivity index (χ0n) is 10.9.